The molecule has 1 N–H and O–H groups in total. The predicted octanol–water partition coefficient (Wildman–Crippen LogP) is 7.37. The minimum atomic E-state index is -4.48. The van der Waals surface area contributed by atoms with Crippen molar-refractivity contribution in [3.8, 4) is 0 Å². The van der Waals surface area contributed by atoms with E-state index in [0.29, 0.717) is 48.8 Å². The third kappa shape index (κ3) is 6.54. The molecule has 1 atom stereocenters. The summed E-state index contributed by atoms with van der Waals surface area (Å²) >= 11 is 0. The maximum Gasteiger partial charge on any atom is 0.416 e. The molecule has 0 radical (unpaired) electrons. The Balaban J connectivity index is 1.75. The molecule has 0 aromatic heterocycles. The van der Waals surface area contributed by atoms with Gasteiger partial charge in [0.15, 0.2) is 5.78 Å². The first kappa shape index (κ1) is 24.2. The van der Waals surface area contributed by atoms with Gasteiger partial charge in [0.05, 0.1) is 11.1 Å². The lowest BCUT2D eigenvalue weighted by Gasteiger charge is -2.21. The van der Waals surface area contributed by atoms with Gasteiger partial charge in [-0.1, -0.05) is 79.6 Å². The van der Waals surface area contributed by atoms with Gasteiger partial charge in [-0.3, -0.25) is 4.79 Å². The van der Waals surface area contributed by atoms with Gasteiger partial charge in [-0.25, -0.2) is 4.79 Å². The second-order valence-electron chi connectivity index (χ2n) is 7.96. The number of alkyl halides is 3. The number of unbranched alkanes of at least 4 members (excludes halogenated alkanes) is 2. The van der Waals surface area contributed by atoms with Crippen LogP contribution in [0.15, 0.2) is 78.9 Å². The summed E-state index contributed by atoms with van der Waals surface area (Å²) in [6.07, 6.45) is -1.59. The lowest BCUT2D eigenvalue weighted by molar-refractivity contribution is -0.137. The van der Waals surface area contributed by atoms with Crippen LogP contribution in [0.1, 0.15) is 75.4 Å². The number of Topliss-reactive ketones (excluding diaryl/α,β-unsaturated/α-hetero) is 1. The molecule has 3 aromatic carbocycles. The minimum absolute atomic E-state index is 0.0567. The molecule has 0 saturated heterocycles. The number of hydrogen-bond acceptors (Lipinski definition) is 2. The van der Waals surface area contributed by atoms with Gasteiger partial charge in [0, 0.05) is 17.9 Å². The smallest absolute Gasteiger partial charge is 0.416 e. The Labute approximate surface area is 190 Å². The van der Waals surface area contributed by atoms with Gasteiger partial charge in [0.2, 0.25) is 0 Å². The topological polar surface area (TPSA) is 54.4 Å². The Morgan fingerprint density at radius 3 is 2.21 bits per heavy atom. The van der Waals surface area contributed by atoms with Crippen LogP contribution in [-0.4, -0.2) is 16.9 Å². The van der Waals surface area contributed by atoms with E-state index in [9.17, 15) is 27.9 Å². The lowest BCUT2D eigenvalue weighted by atomic mass is 9.83. The van der Waals surface area contributed by atoms with E-state index < -0.39 is 23.6 Å². The maximum atomic E-state index is 13.3. The first-order valence-electron chi connectivity index (χ1n) is 10.8. The number of carboxylic acid groups (broad SMARTS) is 1. The first-order valence-corrected chi connectivity index (χ1v) is 10.8. The van der Waals surface area contributed by atoms with Crippen LogP contribution >= 0.6 is 0 Å². The van der Waals surface area contributed by atoms with Crippen molar-refractivity contribution in [3.05, 3.63) is 107 Å². The van der Waals surface area contributed by atoms with Gasteiger partial charge in [0.25, 0.3) is 0 Å². The van der Waals surface area contributed by atoms with Gasteiger partial charge in [-0.05, 0) is 36.1 Å². The molecular formula is C27H25F3O3. The highest BCUT2D eigenvalue weighted by Crippen LogP contribution is 2.36. The molecule has 0 spiro atoms. The summed E-state index contributed by atoms with van der Waals surface area (Å²) in [5, 5.41) is 9.61. The van der Waals surface area contributed by atoms with Crippen LogP contribution < -0.4 is 0 Å². The monoisotopic (exact) mass is 454 g/mol. The van der Waals surface area contributed by atoms with E-state index in [1.54, 1.807) is 36.4 Å². The van der Waals surface area contributed by atoms with Crippen molar-refractivity contribution in [2.75, 3.05) is 0 Å². The Hall–Kier alpha value is -3.41. The Bertz CT molecular complexity index is 1090. The van der Waals surface area contributed by atoms with Gasteiger partial charge in [-0.15, -0.1) is 0 Å². The Morgan fingerprint density at radius 2 is 1.52 bits per heavy atom. The molecule has 3 nitrogen and oxygen atoms in total. The summed E-state index contributed by atoms with van der Waals surface area (Å²) in [4.78, 5) is 24.0. The van der Waals surface area contributed by atoms with Crippen LogP contribution in [0.4, 0.5) is 13.2 Å². The summed E-state index contributed by atoms with van der Waals surface area (Å²) in [7, 11) is 0. The van der Waals surface area contributed by atoms with Crippen molar-refractivity contribution in [2.45, 2.75) is 44.2 Å². The van der Waals surface area contributed by atoms with Crippen LogP contribution in [0.25, 0.3) is 0 Å². The first-order chi connectivity index (χ1) is 15.8. The number of rotatable bonds is 10. The molecule has 3 rings (SSSR count). The molecule has 33 heavy (non-hydrogen) atoms. The zero-order chi connectivity index (χ0) is 23.8. The number of hydrogen-bond donors (Lipinski definition) is 1. The van der Waals surface area contributed by atoms with E-state index in [0.717, 1.165) is 12.1 Å². The average molecular weight is 454 g/mol. The molecule has 0 amide bonds. The van der Waals surface area contributed by atoms with E-state index in [2.05, 4.69) is 0 Å². The van der Waals surface area contributed by atoms with E-state index in [1.807, 2.05) is 18.2 Å². The van der Waals surface area contributed by atoms with Crippen LogP contribution in [0.3, 0.4) is 0 Å². The molecule has 1 unspecified atom stereocenters. The molecule has 0 fully saturated rings. The summed E-state index contributed by atoms with van der Waals surface area (Å²) < 4.78 is 39.8. The van der Waals surface area contributed by atoms with Crippen LogP contribution in [0.2, 0.25) is 0 Å². The highest BCUT2D eigenvalue weighted by atomic mass is 19.4. The van der Waals surface area contributed by atoms with E-state index in [-0.39, 0.29) is 11.3 Å². The predicted molar refractivity (Wildman–Crippen MR) is 121 cm³/mol. The zero-order valence-electron chi connectivity index (χ0n) is 18.0. The Kier molecular flexibility index (Phi) is 8.04. The van der Waals surface area contributed by atoms with Crippen molar-refractivity contribution in [1.82, 2.24) is 0 Å². The van der Waals surface area contributed by atoms with Crippen molar-refractivity contribution >= 4 is 11.8 Å². The van der Waals surface area contributed by atoms with Crippen LogP contribution in [0, 0.1) is 0 Å². The molecule has 0 bridgehead atoms. The molecule has 6 heteroatoms. The fraction of sp³-hybridized carbons (Fsp3) is 0.259. The van der Waals surface area contributed by atoms with E-state index in [4.69, 9.17) is 0 Å². The SMILES string of the molecule is O=C(CCCCCC(c1cccc(C(F)(F)F)c1)c1ccccc1C(=O)O)c1ccccc1. The van der Waals surface area contributed by atoms with E-state index in [1.165, 1.54) is 12.1 Å². The van der Waals surface area contributed by atoms with Gasteiger partial charge >= 0.3 is 12.1 Å². The molecule has 3 aromatic rings. The van der Waals surface area contributed by atoms with Crippen molar-refractivity contribution in [3.63, 3.8) is 0 Å². The number of carboxylic acids is 1. The maximum absolute atomic E-state index is 13.3. The standard InChI is InChI=1S/C27H25F3O3/c28-27(29,30)21-13-9-12-20(18-21)22(23-15-7-8-16-24(23)26(32)33)14-5-2-6-17-25(31)19-10-3-1-4-11-19/h1,3-4,7-13,15-16,18,22H,2,5-6,14,17H2,(H,32,33). The molecular weight excluding hydrogens is 429 g/mol. The summed E-state index contributed by atoms with van der Waals surface area (Å²) in [6.45, 7) is 0. The second kappa shape index (κ2) is 10.9. The minimum Gasteiger partial charge on any atom is -0.478 e. The molecule has 0 heterocycles. The number of carbonyl (C=O) groups is 2. The van der Waals surface area contributed by atoms with Gasteiger partial charge < -0.3 is 5.11 Å². The second-order valence-corrected chi connectivity index (χ2v) is 7.96. The normalized spacial score (nSPS) is 12.3. The van der Waals surface area contributed by atoms with Crippen LogP contribution in [-0.2, 0) is 6.18 Å². The van der Waals surface area contributed by atoms with Gasteiger partial charge in [0.1, 0.15) is 0 Å². The summed E-state index contributed by atoms with van der Waals surface area (Å²) in [5.41, 5.74) is 0.906. The number of carbonyl (C=O) groups excluding carboxylic acids is 1. The highest BCUT2D eigenvalue weighted by molar-refractivity contribution is 5.95. The quantitative estimate of drug-likeness (QED) is 0.257. The molecule has 0 aliphatic heterocycles. The molecule has 0 aliphatic carbocycles. The fourth-order valence-corrected chi connectivity index (χ4v) is 4.01. The third-order valence-electron chi connectivity index (χ3n) is 5.68. The zero-order valence-corrected chi connectivity index (χ0v) is 18.0. The van der Waals surface area contributed by atoms with E-state index >= 15 is 0 Å². The third-order valence-corrected chi connectivity index (χ3v) is 5.68. The van der Waals surface area contributed by atoms with Gasteiger partial charge in [-0.2, -0.15) is 13.2 Å². The average Bonchev–Trinajstić information content (AvgIpc) is 2.81. The van der Waals surface area contributed by atoms with Crippen molar-refractivity contribution in [2.24, 2.45) is 0 Å². The summed E-state index contributed by atoms with van der Waals surface area (Å²) in [5.74, 6) is -1.55. The summed E-state index contributed by atoms with van der Waals surface area (Å²) in [6, 6.07) is 20.5. The number of ketones is 1. The van der Waals surface area contributed by atoms with Crippen LogP contribution in [0.5, 0.6) is 0 Å². The number of benzene rings is 3. The lowest BCUT2D eigenvalue weighted by Crippen LogP contribution is -2.11. The highest BCUT2D eigenvalue weighted by Gasteiger charge is 2.31. The molecule has 172 valence electrons. The van der Waals surface area contributed by atoms with Crippen molar-refractivity contribution < 1.29 is 27.9 Å². The molecule has 0 aliphatic rings. The Morgan fingerprint density at radius 1 is 0.818 bits per heavy atom. The number of aromatic carboxylic acids is 1. The largest absolute Gasteiger partial charge is 0.478 e. The molecule has 0 saturated carbocycles. The van der Waals surface area contributed by atoms with Crippen molar-refractivity contribution in [1.29, 1.82) is 0 Å². The fourth-order valence-electron chi connectivity index (χ4n) is 4.01. The number of halogens is 3.